The van der Waals surface area contributed by atoms with Gasteiger partial charge in [-0.15, -0.1) is 0 Å². The van der Waals surface area contributed by atoms with Crippen LogP contribution in [0.3, 0.4) is 0 Å². The number of hydrogen-bond acceptors (Lipinski definition) is 3. The number of halogens is 1. The van der Waals surface area contributed by atoms with Crippen LogP contribution in [0.5, 0.6) is 0 Å². The first-order valence-electron chi connectivity index (χ1n) is 8.27. The Kier molecular flexibility index (Phi) is 5.08. The number of nitrogens with one attached hydrogen (secondary N) is 1. The molecular weight excluding hydrogens is 355 g/mol. The fourth-order valence-corrected chi connectivity index (χ4v) is 4.24. The molecule has 0 atom stereocenters. The summed E-state index contributed by atoms with van der Waals surface area (Å²) < 4.78 is 40.4. The third-order valence-corrected chi connectivity index (χ3v) is 5.64. The lowest BCUT2D eigenvalue weighted by molar-refractivity contribution is -0.113. The van der Waals surface area contributed by atoms with Crippen molar-refractivity contribution in [2.75, 3.05) is 11.1 Å². The second kappa shape index (κ2) is 7.29. The van der Waals surface area contributed by atoms with Crippen LogP contribution in [0.2, 0.25) is 0 Å². The van der Waals surface area contributed by atoms with Crippen LogP contribution in [-0.4, -0.2) is 24.6 Å². The minimum Gasteiger partial charge on any atom is -0.346 e. The topological polar surface area (TPSA) is 68.2 Å². The van der Waals surface area contributed by atoms with E-state index in [1.54, 1.807) is 18.3 Å². The number of fused-ring (bicyclic) bond motifs is 1. The highest BCUT2D eigenvalue weighted by atomic mass is 32.2. The van der Waals surface area contributed by atoms with Crippen molar-refractivity contribution in [3.05, 3.63) is 60.5 Å². The van der Waals surface area contributed by atoms with E-state index in [-0.39, 0.29) is 4.90 Å². The summed E-state index contributed by atoms with van der Waals surface area (Å²) in [7, 11) is -3.82. The predicted molar refractivity (Wildman–Crippen MR) is 99.3 cm³/mol. The zero-order valence-corrected chi connectivity index (χ0v) is 15.1. The number of rotatable bonds is 6. The highest BCUT2D eigenvalue weighted by Crippen LogP contribution is 2.26. The Morgan fingerprint density at radius 2 is 1.81 bits per heavy atom. The molecular formula is C19H19FN2O3S. The van der Waals surface area contributed by atoms with Crippen molar-refractivity contribution in [3.63, 3.8) is 0 Å². The van der Waals surface area contributed by atoms with Gasteiger partial charge in [-0.1, -0.05) is 25.1 Å². The summed E-state index contributed by atoms with van der Waals surface area (Å²) in [6.07, 6.45) is 2.46. The molecule has 0 fully saturated rings. The molecule has 3 aromatic rings. The van der Waals surface area contributed by atoms with Crippen molar-refractivity contribution < 1.29 is 17.6 Å². The third kappa shape index (κ3) is 3.77. The van der Waals surface area contributed by atoms with Crippen LogP contribution >= 0.6 is 0 Å². The summed E-state index contributed by atoms with van der Waals surface area (Å²) >= 11 is 0. The van der Waals surface area contributed by atoms with Crippen LogP contribution in [0.15, 0.2) is 59.6 Å². The molecule has 0 aliphatic carbocycles. The molecule has 0 bridgehead atoms. The van der Waals surface area contributed by atoms with Crippen LogP contribution in [0, 0.1) is 5.82 Å². The maximum Gasteiger partial charge on any atom is 0.239 e. The van der Waals surface area contributed by atoms with Crippen LogP contribution in [0.1, 0.15) is 13.3 Å². The Morgan fingerprint density at radius 3 is 2.50 bits per heavy atom. The van der Waals surface area contributed by atoms with Gasteiger partial charge in [-0.2, -0.15) is 0 Å². The van der Waals surface area contributed by atoms with E-state index in [9.17, 15) is 17.6 Å². The van der Waals surface area contributed by atoms with Crippen LogP contribution in [0.4, 0.5) is 10.1 Å². The van der Waals surface area contributed by atoms with Crippen LogP contribution in [-0.2, 0) is 21.2 Å². The number of anilines is 1. The molecule has 0 aliphatic heterocycles. The number of para-hydroxylation sites is 1. The minimum atomic E-state index is -3.82. The first kappa shape index (κ1) is 18.1. The number of carbonyl (C=O) groups is 1. The van der Waals surface area contributed by atoms with Gasteiger partial charge in [0.05, 0.1) is 4.90 Å². The lowest BCUT2D eigenvalue weighted by Crippen LogP contribution is -2.23. The van der Waals surface area contributed by atoms with E-state index in [0.717, 1.165) is 11.9 Å². The SMILES string of the molecule is CCCn1cc(S(=O)(=O)CC(=O)Nc2ccc(F)cc2)c2ccccc21. The third-order valence-electron chi connectivity index (χ3n) is 4.00. The number of benzene rings is 2. The quantitative estimate of drug-likeness (QED) is 0.717. The zero-order chi connectivity index (χ0) is 18.7. The Balaban J connectivity index is 1.87. The summed E-state index contributed by atoms with van der Waals surface area (Å²) in [5.41, 5.74) is 1.17. The van der Waals surface area contributed by atoms with Gasteiger partial charge in [0, 0.05) is 29.3 Å². The molecule has 3 rings (SSSR count). The van der Waals surface area contributed by atoms with Crippen molar-refractivity contribution in [3.8, 4) is 0 Å². The molecule has 1 N–H and O–H groups in total. The lowest BCUT2D eigenvalue weighted by Gasteiger charge is -2.06. The largest absolute Gasteiger partial charge is 0.346 e. The molecule has 0 aliphatic rings. The standard InChI is InChI=1S/C19H19FN2O3S/c1-2-11-22-12-18(16-5-3-4-6-17(16)22)26(24,25)13-19(23)21-15-9-7-14(20)8-10-15/h3-10,12H,2,11,13H2,1H3,(H,21,23). The molecule has 0 unspecified atom stereocenters. The van der Waals surface area contributed by atoms with Crippen molar-refractivity contribution in [1.82, 2.24) is 4.57 Å². The van der Waals surface area contributed by atoms with Gasteiger partial charge in [0.2, 0.25) is 5.91 Å². The van der Waals surface area contributed by atoms with Crippen molar-refractivity contribution in [2.45, 2.75) is 24.8 Å². The summed E-state index contributed by atoms with van der Waals surface area (Å²) in [4.78, 5) is 12.3. The fourth-order valence-electron chi connectivity index (χ4n) is 2.87. The number of nitrogens with zero attached hydrogens (tertiary/aromatic N) is 1. The molecule has 0 radical (unpaired) electrons. The summed E-state index contributed by atoms with van der Waals surface area (Å²) in [5, 5.41) is 3.09. The first-order valence-corrected chi connectivity index (χ1v) is 9.92. The number of aryl methyl sites for hydroxylation is 1. The summed E-state index contributed by atoms with van der Waals surface area (Å²) in [6, 6.07) is 12.4. The normalized spacial score (nSPS) is 11.6. The summed E-state index contributed by atoms with van der Waals surface area (Å²) in [5.74, 6) is -1.77. The lowest BCUT2D eigenvalue weighted by atomic mass is 10.2. The second-order valence-corrected chi connectivity index (χ2v) is 7.98. The minimum absolute atomic E-state index is 0.149. The van der Waals surface area contributed by atoms with Crippen molar-refractivity contribution >= 4 is 32.3 Å². The maximum atomic E-state index is 12.9. The monoisotopic (exact) mass is 374 g/mol. The number of hydrogen-bond donors (Lipinski definition) is 1. The Labute approximate surface area is 151 Å². The maximum absolute atomic E-state index is 12.9. The molecule has 2 aromatic carbocycles. The molecule has 26 heavy (non-hydrogen) atoms. The van der Waals surface area contributed by atoms with Gasteiger partial charge in [0.15, 0.2) is 9.84 Å². The molecule has 136 valence electrons. The van der Waals surface area contributed by atoms with E-state index in [2.05, 4.69) is 5.32 Å². The molecule has 5 nitrogen and oxygen atoms in total. The van der Waals surface area contributed by atoms with Gasteiger partial charge in [0.25, 0.3) is 0 Å². The number of amides is 1. The average Bonchev–Trinajstić information content (AvgIpc) is 2.97. The van der Waals surface area contributed by atoms with Crippen molar-refractivity contribution in [1.29, 1.82) is 0 Å². The van der Waals surface area contributed by atoms with Gasteiger partial charge in [-0.25, -0.2) is 12.8 Å². The van der Waals surface area contributed by atoms with E-state index in [4.69, 9.17) is 0 Å². The van der Waals surface area contributed by atoms with Gasteiger partial charge in [0.1, 0.15) is 11.6 Å². The highest BCUT2D eigenvalue weighted by molar-refractivity contribution is 7.92. The molecule has 7 heteroatoms. The molecule has 0 saturated heterocycles. The molecule has 1 heterocycles. The summed E-state index contributed by atoms with van der Waals surface area (Å²) in [6.45, 7) is 2.71. The zero-order valence-electron chi connectivity index (χ0n) is 14.3. The van der Waals surface area contributed by atoms with Gasteiger partial charge < -0.3 is 9.88 Å². The van der Waals surface area contributed by atoms with E-state index >= 15 is 0 Å². The van der Waals surface area contributed by atoms with E-state index in [1.807, 2.05) is 23.6 Å². The Morgan fingerprint density at radius 1 is 1.12 bits per heavy atom. The van der Waals surface area contributed by atoms with Crippen molar-refractivity contribution in [2.24, 2.45) is 0 Å². The predicted octanol–water partition coefficient (Wildman–Crippen LogP) is 3.60. The van der Waals surface area contributed by atoms with Crippen LogP contribution in [0.25, 0.3) is 10.9 Å². The van der Waals surface area contributed by atoms with E-state index in [0.29, 0.717) is 17.6 Å². The number of aromatic nitrogens is 1. The molecule has 0 spiro atoms. The van der Waals surface area contributed by atoms with E-state index in [1.165, 1.54) is 24.3 Å². The smallest absolute Gasteiger partial charge is 0.239 e. The number of sulfone groups is 1. The van der Waals surface area contributed by atoms with Gasteiger partial charge in [-0.3, -0.25) is 4.79 Å². The number of carbonyl (C=O) groups excluding carboxylic acids is 1. The van der Waals surface area contributed by atoms with Gasteiger partial charge >= 0.3 is 0 Å². The Hall–Kier alpha value is -2.67. The molecule has 1 aromatic heterocycles. The highest BCUT2D eigenvalue weighted by Gasteiger charge is 2.24. The van der Waals surface area contributed by atoms with Crippen LogP contribution < -0.4 is 5.32 Å². The molecule has 0 saturated carbocycles. The second-order valence-electron chi connectivity index (χ2n) is 6.02. The fraction of sp³-hybridized carbons (Fsp3) is 0.211. The van der Waals surface area contributed by atoms with E-state index < -0.39 is 27.3 Å². The van der Waals surface area contributed by atoms with Gasteiger partial charge in [-0.05, 0) is 36.8 Å². The average molecular weight is 374 g/mol. The molecule has 1 amide bonds. The Bertz CT molecular complexity index is 1040. The first-order chi connectivity index (χ1) is 12.4.